The fraction of sp³-hybridized carbons (Fsp3) is 0.750. The quantitative estimate of drug-likeness (QED) is 0.627. The monoisotopic (exact) mass is 170 g/mol. The van der Waals surface area contributed by atoms with Gasteiger partial charge in [-0.1, -0.05) is 0 Å². The highest BCUT2D eigenvalue weighted by atomic mass is 16.2. The van der Waals surface area contributed by atoms with Gasteiger partial charge in [0.2, 0.25) is 11.8 Å². The molecule has 0 aromatic heterocycles. The smallest absolute Gasteiger partial charge is 0.239 e. The number of primary amides is 1. The first-order chi connectivity index (χ1) is 5.54. The molecule has 0 saturated carbocycles. The molecule has 68 valence electrons. The topological polar surface area (TPSA) is 63.4 Å². The van der Waals surface area contributed by atoms with Crippen LogP contribution in [0.15, 0.2) is 0 Å². The second-order valence-electron chi connectivity index (χ2n) is 3.27. The van der Waals surface area contributed by atoms with Gasteiger partial charge in [-0.25, -0.2) is 0 Å². The lowest BCUT2D eigenvalue weighted by Gasteiger charge is -2.26. The van der Waals surface area contributed by atoms with Gasteiger partial charge in [-0.3, -0.25) is 9.59 Å². The molecule has 2 amide bonds. The summed E-state index contributed by atoms with van der Waals surface area (Å²) >= 11 is 0. The SMILES string of the molecule is C[C@@H]1CCC(=O)N1[C@H](C)C(N)=O. The molecular weight excluding hydrogens is 156 g/mol. The van der Waals surface area contributed by atoms with E-state index in [1.54, 1.807) is 11.8 Å². The molecule has 4 heteroatoms. The normalized spacial score (nSPS) is 26.0. The third-order valence-electron chi connectivity index (χ3n) is 2.37. The molecule has 4 nitrogen and oxygen atoms in total. The molecule has 0 aromatic rings. The van der Waals surface area contributed by atoms with Gasteiger partial charge in [0.15, 0.2) is 0 Å². The van der Waals surface area contributed by atoms with E-state index >= 15 is 0 Å². The van der Waals surface area contributed by atoms with Crippen molar-refractivity contribution in [2.45, 2.75) is 38.8 Å². The van der Waals surface area contributed by atoms with Crippen molar-refractivity contribution < 1.29 is 9.59 Å². The van der Waals surface area contributed by atoms with Gasteiger partial charge in [0.1, 0.15) is 6.04 Å². The highest BCUT2D eigenvalue weighted by Gasteiger charge is 2.33. The second kappa shape index (κ2) is 3.13. The summed E-state index contributed by atoms with van der Waals surface area (Å²) in [5, 5.41) is 0. The Balaban J connectivity index is 2.72. The van der Waals surface area contributed by atoms with Gasteiger partial charge in [0, 0.05) is 12.5 Å². The summed E-state index contributed by atoms with van der Waals surface area (Å²) in [5.74, 6) is -0.397. The highest BCUT2D eigenvalue weighted by molar-refractivity contribution is 5.87. The van der Waals surface area contributed by atoms with E-state index in [1.165, 1.54) is 0 Å². The predicted molar refractivity (Wildman–Crippen MR) is 44.2 cm³/mol. The lowest BCUT2D eigenvalue weighted by Crippen LogP contribution is -2.46. The lowest BCUT2D eigenvalue weighted by atomic mass is 10.2. The molecule has 1 aliphatic rings. The number of rotatable bonds is 2. The van der Waals surface area contributed by atoms with Crippen molar-refractivity contribution in [1.82, 2.24) is 4.90 Å². The lowest BCUT2D eigenvalue weighted by molar-refractivity contribution is -0.136. The van der Waals surface area contributed by atoms with Gasteiger partial charge < -0.3 is 10.6 Å². The Hall–Kier alpha value is -1.06. The third-order valence-corrected chi connectivity index (χ3v) is 2.37. The van der Waals surface area contributed by atoms with Gasteiger partial charge >= 0.3 is 0 Å². The summed E-state index contributed by atoms with van der Waals surface area (Å²) in [6.45, 7) is 3.60. The second-order valence-corrected chi connectivity index (χ2v) is 3.27. The molecule has 12 heavy (non-hydrogen) atoms. The van der Waals surface area contributed by atoms with Gasteiger partial charge in [-0.2, -0.15) is 0 Å². The standard InChI is InChI=1S/C8H14N2O2/c1-5-3-4-7(11)10(5)6(2)8(9)12/h5-6H,3-4H2,1-2H3,(H2,9,12)/t5-,6-/m1/s1. The van der Waals surface area contributed by atoms with Crippen LogP contribution < -0.4 is 5.73 Å². The molecule has 0 aliphatic carbocycles. The molecule has 1 fully saturated rings. The van der Waals surface area contributed by atoms with Crippen LogP contribution in [-0.4, -0.2) is 28.8 Å². The average Bonchev–Trinajstić information content (AvgIpc) is 2.30. The van der Waals surface area contributed by atoms with Gasteiger partial charge in [0.25, 0.3) is 0 Å². The van der Waals surface area contributed by atoms with Crippen molar-refractivity contribution in [1.29, 1.82) is 0 Å². The molecule has 1 rings (SSSR count). The third kappa shape index (κ3) is 1.42. The minimum atomic E-state index is -0.463. The Morgan fingerprint density at radius 1 is 1.75 bits per heavy atom. The Morgan fingerprint density at radius 3 is 2.67 bits per heavy atom. The number of likely N-dealkylation sites (tertiary alicyclic amines) is 1. The number of nitrogens with two attached hydrogens (primary N) is 1. The van der Waals surface area contributed by atoms with Gasteiger partial charge in [0.05, 0.1) is 0 Å². The Labute approximate surface area is 71.7 Å². The van der Waals surface area contributed by atoms with Crippen molar-refractivity contribution in [3.63, 3.8) is 0 Å². The first kappa shape index (κ1) is 9.03. The van der Waals surface area contributed by atoms with Crippen LogP contribution in [0.1, 0.15) is 26.7 Å². The number of nitrogens with zero attached hydrogens (tertiary/aromatic N) is 1. The van der Waals surface area contributed by atoms with E-state index in [2.05, 4.69) is 0 Å². The minimum Gasteiger partial charge on any atom is -0.368 e. The number of carbonyl (C=O) groups is 2. The van der Waals surface area contributed by atoms with Crippen molar-refractivity contribution in [2.75, 3.05) is 0 Å². The fourth-order valence-corrected chi connectivity index (χ4v) is 1.58. The van der Waals surface area contributed by atoms with Crippen LogP contribution in [0.3, 0.4) is 0 Å². The van der Waals surface area contributed by atoms with Crippen molar-refractivity contribution in [2.24, 2.45) is 5.73 Å². The van der Waals surface area contributed by atoms with E-state index in [4.69, 9.17) is 5.73 Å². The Kier molecular flexibility index (Phi) is 2.35. The molecule has 0 unspecified atom stereocenters. The summed E-state index contributed by atoms with van der Waals surface area (Å²) in [4.78, 5) is 23.6. The number of amides is 2. The zero-order valence-electron chi connectivity index (χ0n) is 7.41. The largest absolute Gasteiger partial charge is 0.368 e. The van der Waals surface area contributed by atoms with Crippen molar-refractivity contribution >= 4 is 11.8 Å². The van der Waals surface area contributed by atoms with E-state index < -0.39 is 11.9 Å². The molecule has 0 aromatic carbocycles. The van der Waals surface area contributed by atoms with Crippen LogP contribution in [0.4, 0.5) is 0 Å². The van der Waals surface area contributed by atoms with Crippen molar-refractivity contribution in [3.8, 4) is 0 Å². The van der Waals surface area contributed by atoms with Crippen molar-refractivity contribution in [3.05, 3.63) is 0 Å². The first-order valence-electron chi connectivity index (χ1n) is 4.14. The molecule has 0 radical (unpaired) electrons. The summed E-state index contributed by atoms with van der Waals surface area (Å²) in [6, 6.07) is -0.310. The first-order valence-corrected chi connectivity index (χ1v) is 4.14. The van der Waals surface area contributed by atoms with E-state index in [9.17, 15) is 9.59 Å². The minimum absolute atomic E-state index is 0.0359. The van der Waals surface area contributed by atoms with E-state index in [1.807, 2.05) is 6.92 Å². The summed E-state index contributed by atoms with van der Waals surface area (Å²) in [6.07, 6.45) is 1.37. The maximum absolute atomic E-state index is 11.2. The zero-order chi connectivity index (χ0) is 9.30. The van der Waals surface area contributed by atoms with Crippen LogP contribution in [0.5, 0.6) is 0 Å². The van der Waals surface area contributed by atoms with Crippen LogP contribution in [0, 0.1) is 0 Å². The molecular formula is C8H14N2O2. The van der Waals surface area contributed by atoms with E-state index in [0.29, 0.717) is 6.42 Å². The molecule has 2 N–H and O–H groups in total. The maximum Gasteiger partial charge on any atom is 0.239 e. The zero-order valence-corrected chi connectivity index (χ0v) is 7.41. The molecule has 0 bridgehead atoms. The maximum atomic E-state index is 11.2. The molecule has 1 saturated heterocycles. The molecule has 1 heterocycles. The van der Waals surface area contributed by atoms with Crippen LogP contribution in [0.2, 0.25) is 0 Å². The van der Waals surface area contributed by atoms with Crippen LogP contribution in [0.25, 0.3) is 0 Å². The van der Waals surface area contributed by atoms with E-state index in [0.717, 1.165) is 6.42 Å². The van der Waals surface area contributed by atoms with Gasteiger partial charge in [-0.15, -0.1) is 0 Å². The Bertz CT molecular complexity index is 215. The summed E-state index contributed by atoms with van der Waals surface area (Å²) in [7, 11) is 0. The van der Waals surface area contributed by atoms with Gasteiger partial charge in [-0.05, 0) is 20.3 Å². The fourth-order valence-electron chi connectivity index (χ4n) is 1.58. The molecule has 2 atom stereocenters. The molecule has 1 aliphatic heterocycles. The summed E-state index contributed by atoms with van der Waals surface area (Å²) < 4.78 is 0. The van der Waals surface area contributed by atoms with Crippen LogP contribution in [-0.2, 0) is 9.59 Å². The van der Waals surface area contributed by atoms with E-state index in [-0.39, 0.29) is 11.9 Å². The number of hydrogen-bond acceptors (Lipinski definition) is 2. The predicted octanol–water partition coefficient (Wildman–Crippen LogP) is -0.129. The Morgan fingerprint density at radius 2 is 2.33 bits per heavy atom. The average molecular weight is 170 g/mol. The molecule has 0 spiro atoms. The number of carbonyl (C=O) groups excluding carboxylic acids is 2. The highest BCUT2D eigenvalue weighted by Crippen LogP contribution is 2.20. The summed E-state index contributed by atoms with van der Waals surface area (Å²) in [5.41, 5.74) is 5.11. The number of hydrogen-bond donors (Lipinski definition) is 1. The van der Waals surface area contributed by atoms with Crippen LogP contribution >= 0.6 is 0 Å².